The number of hydrogen-bond donors (Lipinski definition) is 1. The number of carbonyl (C=O) groups is 1. The minimum atomic E-state index is -0.144. The second-order valence-electron chi connectivity index (χ2n) is 5.35. The number of anilines is 1. The Bertz CT molecular complexity index is 711. The number of rotatable bonds is 3. The van der Waals surface area contributed by atoms with Gasteiger partial charge in [0.05, 0.1) is 17.1 Å². The lowest BCUT2D eigenvalue weighted by Crippen LogP contribution is -2.09. The molecule has 0 aliphatic carbocycles. The maximum absolute atomic E-state index is 12.0. The van der Waals surface area contributed by atoms with E-state index in [4.69, 9.17) is 0 Å². The normalized spacial score (nSPS) is 11.1. The molecule has 4 nitrogen and oxygen atoms in total. The molecule has 21 heavy (non-hydrogen) atoms. The summed E-state index contributed by atoms with van der Waals surface area (Å²) in [6.45, 7) is 7.92. The molecule has 0 unspecified atom stereocenters. The monoisotopic (exact) mass is 283 g/mol. The summed E-state index contributed by atoms with van der Waals surface area (Å²) in [6.07, 6.45) is 3.40. The molecule has 0 bridgehead atoms. The van der Waals surface area contributed by atoms with Gasteiger partial charge >= 0.3 is 0 Å². The zero-order chi connectivity index (χ0) is 15.6. The highest BCUT2D eigenvalue weighted by Gasteiger charge is 2.10. The quantitative estimate of drug-likeness (QED) is 0.878. The number of nitrogens with one attached hydrogen (secondary N) is 1. The molecule has 2 aromatic rings. The molecule has 1 aromatic carbocycles. The van der Waals surface area contributed by atoms with E-state index >= 15 is 0 Å². The van der Waals surface area contributed by atoms with Crippen molar-refractivity contribution >= 4 is 17.7 Å². The van der Waals surface area contributed by atoms with E-state index in [1.54, 1.807) is 10.8 Å². The van der Waals surface area contributed by atoms with Gasteiger partial charge in [-0.25, -0.2) is 0 Å². The summed E-state index contributed by atoms with van der Waals surface area (Å²) in [5, 5.41) is 7.17. The zero-order valence-electron chi connectivity index (χ0n) is 13.2. The van der Waals surface area contributed by atoms with Gasteiger partial charge < -0.3 is 5.32 Å². The number of aromatic nitrogens is 2. The van der Waals surface area contributed by atoms with Crippen molar-refractivity contribution in [2.75, 3.05) is 5.32 Å². The third-order valence-electron chi connectivity index (χ3n) is 3.60. The summed E-state index contributed by atoms with van der Waals surface area (Å²) in [4.78, 5) is 12.0. The molecule has 0 fully saturated rings. The minimum Gasteiger partial charge on any atom is -0.319 e. The second-order valence-corrected chi connectivity index (χ2v) is 5.35. The number of carbonyl (C=O) groups excluding carboxylic acids is 1. The fraction of sp³-hybridized carbons (Fsp3) is 0.294. The first-order valence-electron chi connectivity index (χ1n) is 6.95. The molecule has 0 radical (unpaired) electrons. The van der Waals surface area contributed by atoms with E-state index in [-0.39, 0.29) is 5.91 Å². The molecule has 0 spiro atoms. The summed E-state index contributed by atoms with van der Waals surface area (Å²) in [6, 6.07) is 6.17. The predicted octanol–water partition coefficient (Wildman–Crippen LogP) is 3.31. The second kappa shape index (κ2) is 5.95. The Hall–Kier alpha value is -2.36. The van der Waals surface area contributed by atoms with E-state index in [0.29, 0.717) is 0 Å². The number of aryl methyl sites for hydroxylation is 4. The molecular formula is C17H21N3O. The Morgan fingerprint density at radius 1 is 1.24 bits per heavy atom. The maximum Gasteiger partial charge on any atom is 0.248 e. The lowest BCUT2D eigenvalue weighted by Gasteiger charge is -2.04. The van der Waals surface area contributed by atoms with Gasteiger partial charge in [0, 0.05) is 13.1 Å². The molecular weight excluding hydrogens is 262 g/mol. The van der Waals surface area contributed by atoms with E-state index in [1.807, 2.05) is 46.0 Å². The molecule has 110 valence electrons. The van der Waals surface area contributed by atoms with Crippen LogP contribution in [-0.2, 0) is 11.8 Å². The van der Waals surface area contributed by atoms with Crippen LogP contribution in [0.5, 0.6) is 0 Å². The Morgan fingerprint density at radius 2 is 1.95 bits per heavy atom. The van der Waals surface area contributed by atoms with Gasteiger partial charge in [-0.05, 0) is 44.9 Å². The van der Waals surface area contributed by atoms with Gasteiger partial charge in [0.1, 0.15) is 0 Å². The number of hydrogen-bond acceptors (Lipinski definition) is 2. The molecule has 4 heteroatoms. The molecule has 0 aliphatic rings. The predicted molar refractivity (Wildman–Crippen MR) is 86.3 cm³/mol. The van der Waals surface area contributed by atoms with Crippen LogP contribution in [0, 0.1) is 27.7 Å². The largest absolute Gasteiger partial charge is 0.319 e. The van der Waals surface area contributed by atoms with Crippen molar-refractivity contribution in [2.24, 2.45) is 7.05 Å². The summed E-state index contributed by atoms with van der Waals surface area (Å²) >= 11 is 0. The van der Waals surface area contributed by atoms with Gasteiger partial charge in [0.2, 0.25) is 5.91 Å². The van der Waals surface area contributed by atoms with Crippen LogP contribution in [0.1, 0.15) is 28.1 Å². The highest BCUT2D eigenvalue weighted by molar-refractivity contribution is 6.02. The lowest BCUT2D eigenvalue weighted by molar-refractivity contribution is -0.111. The van der Waals surface area contributed by atoms with Gasteiger partial charge in [-0.2, -0.15) is 5.10 Å². The van der Waals surface area contributed by atoms with Crippen molar-refractivity contribution in [1.29, 1.82) is 0 Å². The van der Waals surface area contributed by atoms with E-state index < -0.39 is 0 Å². The van der Waals surface area contributed by atoms with Crippen LogP contribution in [0.25, 0.3) is 6.08 Å². The topological polar surface area (TPSA) is 46.9 Å². The van der Waals surface area contributed by atoms with Crippen molar-refractivity contribution in [1.82, 2.24) is 9.78 Å². The molecule has 1 amide bonds. The fourth-order valence-electron chi connectivity index (χ4n) is 2.30. The van der Waals surface area contributed by atoms with E-state index in [1.165, 1.54) is 5.56 Å². The third-order valence-corrected chi connectivity index (χ3v) is 3.60. The van der Waals surface area contributed by atoms with Gasteiger partial charge in [-0.1, -0.05) is 23.8 Å². The highest BCUT2D eigenvalue weighted by Crippen LogP contribution is 2.18. The third kappa shape index (κ3) is 3.40. The van der Waals surface area contributed by atoms with Crippen LogP contribution in [0.4, 0.5) is 5.69 Å². The van der Waals surface area contributed by atoms with Gasteiger partial charge in [-0.15, -0.1) is 0 Å². The van der Waals surface area contributed by atoms with E-state index in [9.17, 15) is 4.79 Å². The first-order chi connectivity index (χ1) is 9.88. The van der Waals surface area contributed by atoms with Gasteiger partial charge in [0.15, 0.2) is 0 Å². The Balaban J connectivity index is 2.13. The van der Waals surface area contributed by atoms with E-state index in [2.05, 4.69) is 23.4 Å². The minimum absolute atomic E-state index is 0.144. The molecule has 0 saturated heterocycles. The number of nitrogens with zero attached hydrogens (tertiary/aromatic N) is 2. The van der Waals surface area contributed by atoms with Crippen LogP contribution in [-0.4, -0.2) is 15.7 Å². The van der Waals surface area contributed by atoms with Gasteiger partial charge in [-0.3, -0.25) is 9.48 Å². The molecule has 1 N–H and O–H groups in total. The average molecular weight is 283 g/mol. The molecule has 1 heterocycles. The van der Waals surface area contributed by atoms with Crippen LogP contribution in [0.15, 0.2) is 24.3 Å². The number of amides is 1. The van der Waals surface area contributed by atoms with Crippen LogP contribution < -0.4 is 5.32 Å². The van der Waals surface area contributed by atoms with E-state index in [0.717, 1.165) is 28.2 Å². The summed E-state index contributed by atoms with van der Waals surface area (Å²) in [5.74, 6) is -0.144. The molecule has 2 rings (SSSR count). The summed E-state index contributed by atoms with van der Waals surface area (Å²) in [7, 11) is 1.86. The van der Waals surface area contributed by atoms with Crippen molar-refractivity contribution in [3.63, 3.8) is 0 Å². The van der Waals surface area contributed by atoms with Crippen LogP contribution in [0.3, 0.4) is 0 Å². The average Bonchev–Trinajstić information content (AvgIpc) is 2.64. The van der Waals surface area contributed by atoms with Crippen LogP contribution in [0.2, 0.25) is 0 Å². The molecule has 1 aromatic heterocycles. The van der Waals surface area contributed by atoms with Crippen molar-refractivity contribution in [2.45, 2.75) is 27.7 Å². The molecule has 0 aliphatic heterocycles. The summed E-state index contributed by atoms with van der Waals surface area (Å²) < 4.78 is 1.76. The van der Waals surface area contributed by atoms with Crippen LogP contribution >= 0.6 is 0 Å². The fourth-order valence-corrected chi connectivity index (χ4v) is 2.30. The maximum atomic E-state index is 12.0. The van der Waals surface area contributed by atoms with Crippen molar-refractivity contribution in [3.05, 3.63) is 52.4 Å². The Morgan fingerprint density at radius 3 is 2.52 bits per heavy atom. The molecule has 0 saturated carbocycles. The summed E-state index contributed by atoms with van der Waals surface area (Å²) in [5.41, 5.74) is 5.98. The van der Waals surface area contributed by atoms with Crippen molar-refractivity contribution < 1.29 is 4.79 Å². The highest BCUT2D eigenvalue weighted by atomic mass is 16.1. The Kier molecular flexibility index (Phi) is 4.26. The zero-order valence-corrected chi connectivity index (χ0v) is 13.2. The smallest absolute Gasteiger partial charge is 0.248 e. The first-order valence-corrected chi connectivity index (χ1v) is 6.95. The standard InChI is InChI=1S/C17H21N3O/c1-11-6-7-15(12(2)10-11)8-9-16(21)18-17-13(3)19-20(5)14(17)4/h6-10H,1-5H3,(H,18,21). The van der Waals surface area contributed by atoms with Crippen molar-refractivity contribution in [3.8, 4) is 0 Å². The Labute approximate surface area is 125 Å². The number of benzene rings is 1. The van der Waals surface area contributed by atoms with Gasteiger partial charge in [0.25, 0.3) is 0 Å². The molecule has 0 atom stereocenters. The SMILES string of the molecule is Cc1ccc(C=CC(=O)Nc2c(C)nn(C)c2C)c(C)c1. The lowest BCUT2D eigenvalue weighted by atomic mass is 10.1. The first kappa shape index (κ1) is 15.0.